The van der Waals surface area contributed by atoms with Crippen molar-refractivity contribution in [2.75, 3.05) is 13.2 Å². The van der Waals surface area contributed by atoms with E-state index in [1.54, 1.807) is 37.4 Å². The standard InChI is InChI=1S/C21H27NO4/c1-5-24-21(23)17-7-10-18(11-8-17)25-14-20(12-15(2)3)26-19-9-6-16(4)22-13-19/h6-11,13,15,20H,5,12,14H2,1-4H3/t20-/m1/s1. The van der Waals surface area contributed by atoms with Gasteiger partial charge in [-0.1, -0.05) is 13.8 Å². The zero-order valence-corrected chi connectivity index (χ0v) is 15.9. The van der Waals surface area contributed by atoms with Crippen molar-refractivity contribution in [2.45, 2.75) is 40.2 Å². The molecule has 0 unspecified atom stereocenters. The van der Waals surface area contributed by atoms with E-state index in [1.165, 1.54) is 0 Å². The lowest BCUT2D eigenvalue weighted by Gasteiger charge is -2.21. The van der Waals surface area contributed by atoms with Crippen molar-refractivity contribution in [3.63, 3.8) is 0 Å². The fourth-order valence-corrected chi connectivity index (χ4v) is 2.48. The lowest BCUT2D eigenvalue weighted by Crippen LogP contribution is -2.26. The van der Waals surface area contributed by atoms with Crippen LogP contribution in [-0.4, -0.2) is 30.3 Å². The lowest BCUT2D eigenvalue weighted by molar-refractivity contribution is 0.0526. The number of benzene rings is 1. The molecule has 5 heteroatoms. The maximum Gasteiger partial charge on any atom is 0.338 e. The third kappa shape index (κ3) is 6.39. The largest absolute Gasteiger partial charge is 0.490 e. The Morgan fingerprint density at radius 1 is 1.08 bits per heavy atom. The Balaban J connectivity index is 1.95. The van der Waals surface area contributed by atoms with Crippen LogP contribution in [-0.2, 0) is 4.74 Å². The van der Waals surface area contributed by atoms with Gasteiger partial charge in [0.05, 0.1) is 18.4 Å². The molecule has 0 aliphatic carbocycles. The van der Waals surface area contributed by atoms with Crippen LogP contribution in [0, 0.1) is 12.8 Å². The molecule has 26 heavy (non-hydrogen) atoms. The van der Waals surface area contributed by atoms with Crippen LogP contribution in [0.5, 0.6) is 11.5 Å². The summed E-state index contributed by atoms with van der Waals surface area (Å²) in [6.07, 6.45) is 2.52. The van der Waals surface area contributed by atoms with Crippen LogP contribution in [0.25, 0.3) is 0 Å². The Morgan fingerprint density at radius 3 is 2.35 bits per heavy atom. The molecular formula is C21H27NO4. The molecule has 5 nitrogen and oxygen atoms in total. The molecule has 0 aliphatic rings. The molecule has 0 amide bonds. The highest BCUT2D eigenvalue weighted by molar-refractivity contribution is 5.89. The molecule has 0 spiro atoms. The van der Waals surface area contributed by atoms with E-state index in [1.807, 2.05) is 19.1 Å². The van der Waals surface area contributed by atoms with Crippen LogP contribution in [0.3, 0.4) is 0 Å². The number of hydrogen-bond donors (Lipinski definition) is 0. The van der Waals surface area contributed by atoms with E-state index in [-0.39, 0.29) is 12.1 Å². The summed E-state index contributed by atoms with van der Waals surface area (Å²) in [5.41, 5.74) is 1.47. The summed E-state index contributed by atoms with van der Waals surface area (Å²) < 4.78 is 16.9. The van der Waals surface area contributed by atoms with Crippen LogP contribution in [0.4, 0.5) is 0 Å². The maximum atomic E-state index is 11.7. The van der Waals surface area contributed by atoms with E-state index >= 15 is 0 Å². The molecule has 2 aromatic rings. The van der Waals surface area contributed by atoms with Gasteiger partial charge >= 0.3 is 5.97 Å². The molecule has 2 rings (SSSR count). The summed E-state index contributed by atoms with van der Waals surface area (Å²) in [4.78, 5) is 15.9. The van der Waals surface area contributed by atoms with E-state index < -0.39 is 0 Å². The molecule has 0 bridgehead atoms. The van der Waals surface area contributed by atoms with E-state index in [4.69, 9.17) is 14.2 Å². The van der Waals surface area contributed by atoms with Crippen LogP contribution >= 0.6 is 0 Å². The second-order valence-electron chi connectivity index (χ2n) is 6.56. The minimum absolute atomic E-state index is 0.0794. The van der Waals surface area contributed by atoms with Gasteiger partial charge in [0.25, 0.3) is 0 Å². The highest BCUT2D eigenvalue weighted by Crippen LogP contribution is 2.18. The Hall–Kier alpha value is -2.56. The Labute approximate surface area is 155 Å². The van der Waals surface area contributed by atoms with Gasteiger partial charge in [0.2, 0.25) is 0 Å². The van der Waals surface area contributed by atoms with Gasteiger partial charge in [-0.25, -0.2) is 4.79 Å². The average Bonchev–Trinajstić information content (AvgIpc) is 2.62. The number of aromatic nitrogens is 1. The van der Waals surface area contributed by atoms with Gasteiger partial charge in [0.15, 0.2) is 0 Å². The number of esters is 1. The predicted molar refractivity (Wildman–Crippen MR) is 101 cm³/mol. The number of aryl methyl sites for hydroxylation is 1. The van der Waals surface area contributed by atoms with Crippen molar-refractivity contribution in [3.8, 4) is 11.5 Å². The molecule has 0 N–H and O–H groups in total. The summed E-state index contributed by atoms with van der Waals surface area (Å²) in [6.45, 7) is 8.81. The lowest BCUT2D eigenvalue weighted by atomic mass is 10.1. The monoisotopic (exact) mass is 357 g/mol. The topological polar surface area (TPSA) is 57.7 Å². The van der Waals surface area contributed by atoms with Crippen molar-refractivity contribution >= 4 is 5.97 Å². The van der Waals surface area contributed by atoms with E-state index in [9.17, 15) is 4.79 Å². The van der Waals surface area contributed by atoms with E-state index in [2.05, 4.69) is 18.8 Å². The zero-order chi connectivity index (χ0) is 18.9. The molecule has 0 aliphatic heterocycles. The fourth-order valence-electron chi connectivity index (χ4n) is 2.48. The molecule has 1 heterocycles. The van der Waals surface area contributed by atoms with Crippen LogP contribution in [0.1, 0.15) is 43.2 Å². The first-order chi connectivity index (χ1) is 12.5. The summed E-state index contributed by atoms with van der Waals surface area (Å²) in [5.74, 6) is 1.58. The minimum Gasteiger partial charge on any atom is -0.490 e. The zero-order valence-electron chi connectivity index (χ0n) is 15.9. The highest BCUT2D eigenvalue weighted by atomic mass is 16.5. The molecule has 1 atom stereocenters. The molecule has 0 saturated carbocycles. The first kappa shape index (κ1) is 19.8. The average molecular weight is 357 g/mol. The highest BCUT2D eigenvalue weighted by Gasteiger charge is 2.15. The van der Waals surface area contributed by atoms with Crippen LogP contribution in [0.15, 0.2) is 42.6 Å². The summed E-state index contributed by atoms with van der Waals surface area (Å²) in [5, 5.41) is 0. The maximum absolute atomic E-state index is 11.7. The first-order valence-electron chi connectivity index (χ1n) is 8.97. The van der Waals surface area contributed by atoms with Crippen molar-refractivity contribution in [2.24, 2.45) is 5.92 Å². The number of rotatable bonds is 9. The number of pyridine rings is 1. The number of carbonyl (C=O) groups is 1. The van der Waals surface area contributed by atoms with Gasteiger partial charge in [-0.05, 0) is 62.6 Å². The molecule has 0 radical (unpaired) electrons. The van der Waals surface area contributed by atoms with Crippen molar-refractivity contribution in [1.29, 1.82) is 0 Å². The van der Waals surface area contributed by atoms with E-state index in [0.29, 0.717) is 30.4 Å². The Morgan fingerprint density at radius 2 is 1.77 bits per heavy atom. The number of nitrogens with zero attached hydrogens (tertiary/aromatic N) is 1. The normalized spacial score (nSPS) is 11.9. The van der Waals surface area contributed by atoms with Gasteiger partial charge in [0.1, 0.15) is 24.2 Å². The second-order valence-corrected chi connectivity index (χ2v) is 6.56. The van der Waals surface area contributed by atoms with Gasteiger partial charge in [-0.15, -0.1) is 0 Å². The first-order valence-corrected chi connectivity index (χ1v) is 8.97. The predicted octanol–water partition coefficient (Wildman–Crippen LogP) is 4.44. The van der Waals surface area contributed by atoms with Crippen molar-refractivity contribution < 1.29 is 19.0 Å². The minimum atomic E-state index is -0.327. The summed E-state index contributed by atoms with van der Waals surface area (Å²) in [7, 11) is 0. The SMILES string of the molecule is CCOC(=O)c1ccc(OC[C@@H](CC(C)C)Oc2ccc(C)nc2)cc1. The van der Waals surface area contributed by atoms with Crippen LogP contribution < -0.4 is 9.47 Å². The Bertz CT molecular complexity index is 680. The van der Waals surface area contributed by atoms with Gasteiger partial charge in [-0.3, -0.25) is 4.98 Å². The summed E-state index contributed by atoms with van der Waals surface area (Å²) in [6, 6.07) is 10.8. The van der Waals surface area contributed by atoms with E-state index in [0.717, 1.165) is 17.9 Å². The molecule has 0 saturated heterocycles. The fraction of sp³-hybridized carbons (Fsp3) is 0.429. The molecule has 1 aromatic carbocycles. The third-order valence-corrected chi connectivity index (χ3v) is 3.72. The van der Waals surface area contributed by atoms with Gasteiger partial charge in [-0.2, -0.15) is 0 Å². The molecule has 0 fully saturated rings. The van der Waals surface area contributed by atoms with Crippen LogP contribution in [0.2, 0.25) is 0 Å². The quantitative estimate of drug-likeness (QED) is 0.621. The summed E-state index contributed by atoms with van der Waals surface area (Å²) >= 11 is 0. The van der Waals surface area contributed by atoms with Crippen molar-refractivity contribution in [1.82, 2.24) is 4.98 Å². The van der Waals surface area contributed by atoms with Gasteiger partial charge in [0, 0.05) is 5.69 Å². The second kappa shape index (κ2) is 9.80. The number of hydrogen-bond acceptors (Lipinski definition) is 5. The number of carbonyl (C=O) groups excluding carboxylic acids is 1. The molecule has 140 valence electrons. The molecule has 1 aromatic heterocycles. The third-order valence-electron chi connectivity index (χ3n) is 3.72. The number of ether oxygens (including phenoxy) is 3. The smallest absolute Gasteiger partial charge is 0.338 e. The Kier molecular flexibility index (Phi) is 7.45. The van der Waals surface area contributed by atoms with Gasteiger partial charge < -0.3 is 14.2 Å². The van der Waals surface area contributed by atoms with Crippen molar-refractivity contribution in [3.05, 3.63) is 53.9 Å². The molecular weight excluding hydrogens is 330 g/mol.